The predicted octanol–water partition coefficient (Wildman–Crippen LogP) is 5.04. The third-order valence-corrected chi connectivity index (χ3v) is 4.24. The van der Waals surface area contributed by atoms with Crippen LogP contribution in [0.1, 0.15) is 0 Å². The van der Waals surface area contributed by atoms with E-state index in [2.05, 4.69) is 59.6 Å². The van der Waals surface area contributed by atoms with Gasteiger partial charge < -0.3 is 0 Å². The largest absolute Gasteiger partial charge is 0.256 e. The molecule has 1 aliphatic carbocycles. The van der Waals surface area contributed by atoms with E-state index in [9.17, 15) is 0 Å². The second-order valence-corrected chi connectivity index (χ2v) is 5.27. The number of pyridine rings is 1. The Labute approximate surface area is 116 Å². The first kappa shape index (κ1) is 10.2. The zero-order chi connectivity index (χ0) is 13.1. The smallest absolute Gasteiger partial charge is 0.0780 e. The number of rotatable bonds is 0. The van der Waals surface area contributed by atoms with Crippen molar-refractivity contribution in [3.63, 3.8) is 0 Å². The van der Waals surface area contributed by atoms with Crippen molar-refractivity contribution in [3.05, 3.63) is 66.9 Å². The third-order valence-electron chi connectivity index (χ3n) is 4.24. The number of nitrogens with zero attached hydrogens (tertiary/aromatic N) is 1. The molecule has 0 unspecified atom stereocenters. The van der Waals surface area contributed by atoms with Crippen LogP contribution in [0.25, 0.3) is 43.9 Å². The van der Waals surface area contributed by atoms with Crippen molar-refractivity contribution in [1.29, 1.82) is 0 Å². The number of benzene rings is 3. The zero-order valence-electron chi connectivity index (χ0n) is 10.8. The highest BCUT2D eigenvalue weighted by molar-refractivity contribution is 6.22. The summed E-state index contributed by atoms with van der Waals surface area (Å²) < 4.78 is 0. The summed E-state index contributed by atoms with van der Waals surface area (Å²) in [6.07, 6.45) is 1.87. The van der Waals surface area contributed by atoms with Crippen LogP contribution < -0.4 is 0 Å². The molecule has 0 fully saturated rings. The number of hydrogen-bond acceptors (Lipinski definition) is 1. The maximum atomic E-state index is 4.58. The molecule has 1 heteroatoms. The van der Waals surface area contributed by atoms with Crippen LogP contribution in [0, 0.1) is 0 Å². The molecule has 0 saturated carbocycles. The lowest BCUT2D eigenvalue weighted by atomic mass is 9.99. The van der Waals surface area contributed by atoms with E-state index in [1.54, 1.807) is 0 Å². The Balaban J connectivity index is 2.12. The van der Waals surface area contributed by atoms with E-state index in [4.69, 9.17) is 0 Å². The standard InChI is InChI=1S/C19H11N/c1-2-7-14-13(6-1)15-8-3-9-16-18(15)17(14)11-12-5-4-10-20-19(12)16/h1-11H. The Morgan fingerprint density at radius 1 is 0.650 bits per heavy atom. The Morgan fingerprint density at radius 2 is 1.45 bits per heavy atom. The molecule has 3 aromatic carbocycles. The van der Waals surface area contributed by atoms with Gasteiger partial charge in [-0.2, -0.15) is 0 Å². The molecule has 0 saturated heterocycles. The average Bonchev–Trinajstić information content (AvgIpc) is 2.84. The van der Waals surface area contributed by atoms with Crippen molar-refractivity contribution in [2.24, 2.45) is 0 Å². The van der Waals surface area contributed by atoms with Gasteiger partial charge in [0.1, 0.15) is 0 Å². The van der Waals surface area contributed by atoms with Gasteiger partial charge in [-0.3, -0.25) is 4.98 Å². The maximum absolute atomic E-state index is 4.58. The molecule has 20 heavy (non-hydrogen) atoms. The molecule has 0 bridgehead atoms. The van der Waals surface area contributed by atoms with Gasteiger partial charge in [0.2, 0.25) is 0 Å². The lowest BCUT2D eigenvalue weighted by molar-refractivity contribution is 1.43. The molecule has 1 aliphatic rings. The Bertz CT molecular complexity index is 999. The van der Waals surface area contributed by atoms with Crippen LogP contribution in [0.2, 0.25) is 0 Å². The molecule has 4 aromatic rings. The summed E-state index contributed by atoms with van der Waals surface area (Å²) in [5, 5.41) is 3.82. The molecule has 0 aliphatic heterocycles. The lowest BCUT2D eigenvalue weighted by Gasteiger charge is -2.06. The molecular weight excluding hydrogens is 242 g/mol. The number of fused-ring (bicyclic) bond motifs is 5. The first-order valence-corrected chi connectivity index (χ1v) is 6.84. The minimum atomic E-state index is 1.10. The van der Waals surface area contributed by atoms with E-state index in [0.29, 0.717) is 0 Å². The monoisotopic (exact) mass is 253 g/mol. The van der Waals surface area contributed by atoms with Gasteiger partial charge in [0.25, 0.3) is 0 Å². The van der Waals surface area contributed by atoms with E-state index in [-0.39, 0.29) is 0 Å². The summed E-state index contributed by atoms with van der Waals surface area (Å²) in [5.41, 5.74) is 6.45. The Morgan fingerprint density at radius 3 is 2.35 bits per heavy atom. The fraction of sp³-hybridized carbons (Fsp3) is 0. The van der Waals surface area contributed by atoms with Gasteiger partial charge in [0.05, 0.1) is 5.52 Å². The second-order valence-electron chi connectivity index (χ2n) is 5.27. The molecule has 0 amide bonds. The minimum Gasteiger partial charge on any atom is -0.256 e. The number of aromatic nitrogens is 1. The molecule has 0 N–H and O–H groups in total. The van der Waals surface area contributed by atoms with Gasteiger partial charge in [-0.15, -0.1) is 0 Å². The van der Waals surface area contributed by atoms with Crippen LogP contribution in [0.15, 0.2) is 66.9 Å². The first-order valence-electron chi connectivity index (χ1n) is 6.84. The molecule has 0 atom stereocenters. The van der Waals surface area contributed by atoms with Crippen molar-refractivity contribution in [2.75, 3.05) is 0 Å². The van der Waals surface area contributed by atoms with Gasteiger partial charge in [0.15, 0.2) is 0 Å². The Hall–Kier alpha value is -2.67. The average molecular weight is 253 g/mol. The van der Waals surface area contributed by atoms with Crippen LogP contribution in [0.5, 0.6) is 0 Å². The summed E-state index contributed by atoms with van der Waals surface area (Å²) in [4.78, 5) is 4.58. The fourth-order valence-corrected chi connectivity index (χ4v) is 3.42. The summed E-state index contributed by atoms with van der Waals surface area (Å²) in [6, 6.07) is 21.6. The number of hydrogen-bond donors (Lipinski definition) is 0. The zero-order valence-corrected chi connectivity index (χ0v) is 10.8. The predicted molar refractivity (Wildman–Crippen MR) is 83.7 cm³/mol. The van der Waals surface area contributed by atoms with Gasteiger partial charge in [0, 0.05) is 17.0 Å². The highest BCUT2D eigenvalue weighted by atomic mass is 14.6. The van der Waals surface area contributed by atoms with Gasteiger partial charge in [-0.25, -0.2) is 0 Å². The van der Waals surface area contributed by atoms with Crippen molar-refractivity contribution in [3.8, 4) is 22.3 Å². The topological polar surface area (TPSA) is 12.9 Å². The SMILES string of the molecule is c1ccc2c(c1)-c1cccc3c1c-2cc1cccnc13. The van der Waals surface area contributed by atoms with Crippen molar-refractivity contribution in [1.82, 2.24) is 4.98 Å². The van der Waals surface area contributed by atoms with Crippen molar-refractivity contribution >= 4 is 21.7 Å². The van der Waals surface area contributed by atoms with Gasteiger partial charge >= 0.3 is 0 Å². The molecule has 1 heterocycles. The molecule has 1 aromatic heterocycles. The molecular formula is C19H11N. The Kier molecular flexibility index (Phi) is 1.75. The highest BCUT2D eigenvalue weighted by Gasteiger charge is 2.21. The molecule has 0 spiro atoms. The third kappa shape index (κ3) is 1.11. The minimum absolute atomic E-state index is 1.10. The van der Waals surface area contributed by atoms with E-state index >= 15 is 0 Å². The van der Waals surface area contributed by atoms with Crippen LogP contribution in [-0.4, -0.2) is 4.98 Å². The van der Waals surface area contributed by atoms with E-state index in [1.165, 1.54) is 38.4 Å². The van der Waals surface area contributed by atoms with Crippen LogP contribution >= 0.6 is 0 Å². The lowest BCUT2D eigenvalue weighted by Crippen LogP contribution is -1.83. The van der Waals surface area contributed by atoms with Crippen LogP contribution in [0.3, 0.4) is 0 Å². The fourth-order valence-electron chi connectivity index (χ4n) is 3.42. The first-order chi connectivity index (χ1) is 9.93. The van der Waals surface area contributed by atoms with Crippen LogP contribution in [-0.2, 0) is 0 Å². The van der Waals surface area contributed by atoms with E-state index in [1.807, 2.05) is 12.3 Å². The van der Waals surface area contributed by atoms with E-state index < -0.39 is 0 Å². The summed E-state index contributed by atoms with van der Waals surface area (Å²) in [6.45, 7) is 0. The van der Waals surface area contributed by atoms with Gasteiger partial charge in [-0.1, -0.05) is 48.5 Å². The molecule has 1 nitrogen and oxygen atoms in total. The van der Waals surface area contributed by atoms with Gasteiger partial charge in [-0.05, 0) is 39.8 Å². The maximum Gasteiger partial charge on any atom is 0.0780 e. The van der Waals surface area contributed by atoms with E-state index in [0.717, 1.165) is 5.52 Å². The van der Waals surface area contributed by atoms with Crippen molar-refractivity contribution in [2.45, 2.75) is 0 Å². The quantitative estimate of drug-likeness (QED) is 0.352. The molecule has 92 valence electrons. The van der Waals surface area contributed by atoms with Crippen LogP contribution in [0.4, 0.5) is 0 Å². The summed E-state index contributed by atoms with van der Waals surface area (Å²) in [5.74, 6) is 0. The molecule has 5 rings (SSSR count). The second kappa shape index (κ2) is 3.45. The van der Waals surface area contributed by atoms with Crippen molar-refractivity contribution < 1.29 is 0 Å². The summed E-state index contributed by atoms with van der Waals surface area (Å²) in [7, 11) is 0. The summed E-state index contributed by atoms with van der Waals surface area (Å²) >= 11 is 0. The normalized spacial score (nSPS) is 12.0. The highest BCUT2D eigenvalue weighted by Crippen LogP contribution is 2.48. The molecule has 0 radical (unpaired) electrons.